The van der Waals surface area contributed by atoms with Crippen molar-refractivity contribution in [3.63, 3.8) is 0 Å². The maximum atomic E-state index is 12.5. The van der Waals surface area contributed by atoms with E-state index in [0.717, 1.165) is 16.2 Å². The fraction of sp³-hybridized carbons (Fsp3) is 0.125. The van der Waals surface area contributed by atoms with E-state index in [1.165, 1.54) is 0 Å². The van der Waals surface area contributed by atoms with Crippen molar-refractivity contribution < 1.29 is 14.7 Å². The third-order valence-corrected chi connectivity index (χ3v) is 4.91. The first-order valence-corrected chi connectivity index (χ1v) is 8.83. The lowest BCUT2D eigenvalue weighted by atomic mass is 10.1. The van der Waals surface area contributed by atoms with E-state index in [1.54, 1.807) is 36.4 Å². The number of benzene rings is 2. The average Bonchev–Trinajstić information content (AvgIpc) is 2.51. The molecule has 0 aliphatic carbocycles. The molecule has 0 aliphatic rings. The standard InChI is InChI=1S/C16H13BrClNO3S/c17-11-3-7-13(8-4-11)19-16(22)15(23-9-14(20)21)10-1-5-12(18)6-2-10/h1-8,15H,9H2,(H,19,22)(H,20,21)/t15-/m0/s1. The van der Waals surface area contributed by atoms with Crippen LogP contribution < -0.4 is 5.32 Å². The van der Waals surface area contributed by atoms with Crippen LogP contribution in [0.5, 0.6) is 0 Å². The van der Waals surface area contributed by atoms with Gasteiger partial charge in [0.15, 0.2) is 0 Å². The average molecular weight is 415 g/mol. The number of hydrogen-bond acceptors (Lipinski definition) is 3. The normalized spacial score (nSPS) is 11.7. The van der Waals surface area contributed by atoms with Crippen molar-refractivity contribution in [3.8, 4) is 0 Å². The van der Waals surface area contributed by atoms with Gasteiger partial charge in [-0.2, -0.15) is 0 Å². The van der Waals surface area contributed by atoms with Gasteiger partial charge in [0.2, 0.25) is 5.91 Å². The predicted molar refractivity (Wildman–Crippen MR) is 97.1 cm³/mol. The number of anilines is 1. The van der Waals surface area contributed by atoms with Crippen molar-refractivity contribution >= 4 is 56.9 Å². The lowest BCUT2D eigenvalue weighted by Crippen LogP contribution is -2.20. The summed E-state index contributed by atoms with van der Waals surface area (Å²) >= 11 is 10.2. The highest BCUT2D eigenvalue weighted by Crippen LogP contribution is 2.31. The van der Waals surface area contributed by atoms with Crippen LogP contribution in [0.3, 0.4) is 0 Å². The molecule has 0 aromatic heterocycles. The van der Waals surface area contributed by atoms with Gasteiger partial charge in [-0.15, -0.1) is 11.8 Å². The molecule has 120 valence electrons. The van der Waals surface area contributed by atoms with Crippen LogP contribution in [0.4, 0.5) is 5.69 Å². The molecule has 7 heteroatoms. The lowest BCUT2D eigenvalue weighted by molar-refractivity contribution is -0.133. The second-order valence-corrected chi connectivity index (χ2v) is 7.08. The van der Waals surface area contributed by atoms with E-state index in [4.69, 9.17) is 16.7 Å². The predicted octanol–water partition coefficient (Wildman–Crippen LogP) is 4.60. The second-order valence-electron chi connectivity index (χ2n) is 4.63. The van der Waals surface area contributed by atoms with Crippen molar-refractivity contribution in [2.45, 2.75) is 5.25 Å². The number of rotatable bonds is 6. The zero-order chi connectivity index (χ0) is 16.8. The van der Waals surface area contributed by atoms with Gasteiger partial charge in [-0.3, -0.25) is 9.59 Å². The summed E-state index contributed by atoms with van der Waals surface area (Å²) in [5.41, 5.74) is 1.35. The van der Waals surface area contributed by atoms with Crippen molar-refractivity contribution in [1.29, 1.82) is 0 Å². The first-order valence-electron chi connectivity index (χ1n) is 6.61. The fourth-order valence-electron chi connectivity index (χ4n) is 1.86. The van der Waals surface area contributed by atoms with Gasteiger partial charge in [0.1, 0.15) is 5.25 Å². The third kappa shape index (κ3) is 5.57. The zero-order valence-electron chi connectivity index (χ0n) is 11.8. The molecule has 1 amide bonds. The van der Waals surface area contributed by atoms with Gasteiger partial charge in [0, 0.05) is 15.2 Å². The fourth-order valence-corrected chi connectivity index (χ4v) is 3.12. The molecule has 2 N–H and O–H groups in total. The molecule has 4 nitrogen and oxygen atoms in total. The Labute approximate surface area is 151 Å². The van der Waals surface area contributed by atoms with Crippen molar-refractivity contribution in [3.05, 3.63) is 63.6 Å². The summed E-state index contributed by atoms with van der Waals surface area (Å²) in [4.78, 5) is 23.4. The van der Waals surface area contributed by atoms with Gasteiger partial charge >= 0.3 is 5.97 Å². The monoisotopic (exact) mass is 413 g/mol. The number of nitrogens with one attached hydrogen (secondary N) is 1. The van der Waals surface area contributed by atoms with Crippen molar-refractivity contribution in [2.24, 2.45) is 0 Å². The number of amides is 1. The zero-order valence-corrected chi connectivity index (χ0v) is 15.0. The Bertz CT molecular complexity index is 691. The molecule has 2 rings (SSSR count). The van der Waals surface area contributed by atoms with Crippen LogP contribution >= 0.6 is 39.3 Å². The van der Waals surface area contributed by atoms with Gasteiger partial charge in [-0.25, -0.2) is 0 Å². The van der Waals surface area contributed by atoms with Crippen LogP contribution in [0, 0.1) is 0 Å². The van der Waals surface area contributed by atoms with E-state index >= 15 is 0 Å². The van der Waals surface area contributed by atoms with Crippen LogP contribution in [0.1, 0.15) is 10.8 Å². The van der Waals surface area contributed by atoms with Crippen molar-refractivity contribution in [1.82, 2.24) is 0 Å². The molecule has 0 aliphatic heterocycles. The molecule has 1 atom stereocenters. The third-order valence-electron chi connectivity index (χ3n) is 2.90. The van der Waals surface area contributed by atoms with Gasteiger partial charge in [0.05, 0.1) is 5.75 Å². The van der Waals surface area contributed by atoms with Crippen LogP contribution in [-0.2, 0) is 9.59 Å². The summed E-state index contributed by atoms with van der Waals surface area (Å²) < 4.78 is 0.907. The maximum Gasteiger partial charge on any atom is 0.313 e. The number of carbonyl (C=O) groups is 2. The summed E-state index contributed by atoms with van der Waals surface area (Å²) in [6.07, 6.45) is 0. The SMILES string of the molecule is O=C(O)CS[C@H](C(=O)Nc1ccc(Br)cc1)c1ccc(Cl)cc1. The Morgan fingerprint density at radius 2 is 1.74 bits per heavy atom. The molecule has 2 aromatic carbocycles. The quantitative estimate of drug-likeness (QED) is 0.725. The molecule has 0 spiro atoms. The molecule has 23 heavy (non-hydrogen) atoms. The lowest BCUT2D eigenvalue weighted by Gasteiger charge is -2.16. The van der Waals surface area contributed by atoms with Gasteiger partial charge < -0.3 is 10.4 Å². The van der Waals surface area contributed by atoms with Gasteiger partial charge in [-0.1, -0.05) is 39.7 Å². The van der Waals surface area contributed by atoms with E-state index in [2.05, 4.69) is 21.2 Å². The summed E-state index contributed by atoms with van der Waals surface area (Å²) in [6, 6.07) is 14.0. The van der Waals surface area contributed by atoms with Crippen LogP contribution in [0.25, 0.3) is 0 Å². The van der Waals surface area contributed by atoms with E-state index in [0.29, 0.717) is 16.3 Å². The Kier molecular flexibility index (Phi) is 6.50. The number of aliphatic carboxylic acids is 1. The topological polar surface area (TPSA) is 66.4 Å². The smallest absolute Gasteiger partial charge is 0.313 e. The summed E-state index contributed by atoms with van der Waals surface area (Å²) in [7, 11) is 0. The molecule has 0 unspecified atom stereocenters. The van der Waals surface area contributed by atoms with E-state index in [-0.39, 0.29) is 11.7 Å². The Balaban J connectivity index is 2.17. The minimum absolute atomic E-state index is 0.166. The molecular formula is C16H13BrClNO3S. The maximum absolute atomic E-state index is 12.5. The highest BCUT2D eigenvalue weighted by Gasteiger charge is 2.22. The number of hydrogen-bond donors (Lipinski definition) is 2. The summed E-state index contributed by atoms with van der Waals surface area (Å²) in [5.74, 6) is -1.41. The summed E-state index contributed by atoms with van der Waals surface area (Å²) in [6.45, 7) is 0. The van der Waals surface area contributed by atoms with E-state index < -0.39 is 11.2 Å². The molecule has 0 fully saturated rings. The number of halogens is 2. The number of thioether (sulfide) groups is 1. The molecule has 0 radical (unpaired) electrons. The second kappa shape index (κ2) is 8.38. The molecule has 0 heterocycles. The number of carboxylic acids is 1. The minimum Gasteiger partial charge on any atom is -0.481 e. The molecule has 2 aromatic rings. The molecule has 0 saturated heterocycles. The molecule has 0 bridgehead atoms. The van der Waals surface area contributed by atoms with Gasteiger partial charge in [0.25, 0.3) is 0 Å². The Hall–Kier alpha value is -1.50. The van der Waals surface area contributed by atoms with E-state index in [1.807, 2.05) is 12.1 Å². The largest absolute Gasteiger partial charge is 0.481 e. The molecular weight excluding hydrogens is 402 g/mol. The Morgan fingerprint density at radius 3 is 2.30 bits per heavy atom. The van der Waals surface area contributed by atoms with Crippen LogP contribution in [-0.4, -0.2) is 22.7 Å². The van der Waals surface area contributed by atoms with Crippen molar-refractivity contribution in [2.75, 3.05) is 11.1 Å². The minimum atomic E-state index is -0.967. The van der Waals surface area contributed by atoms with Crippen LogP contribution in [0.15, 0.2) is 53.0 Å². The Morgan fingerprint density at radius 1 is 1.13 bits per heavy atom. The number of carboxylic acid groups (broad SMARTS) is 1. The summed E-state index contributed by atoms with van der Waals surface area (Å²) in [5, 5.41) is 11.6. The highest BCUT2D eigenvalue weighted by molar-refractivity contribution is 9.10. The van der Waals surface area contributed by atoms with E-state index in [9.17, 15) is 9.59 Å². The number of carbonyl (C=O) groups excluding carboxylic acids is 1. The van der Waals surface area contributed by atoms with Crippen LogP contribution in [0.2, 0.25) is 5.02 Å². The first kappa shape index (κ1) is 17.8. The first-order chi connectivity index (χ1) is 11.0. The van der Waals surface area contributed by atoms with Gasteiger partial charge in [-0.05, 0) is 42.0 Å². The highest BCUT2D eigenvalue weighted by atomic mass is 79.9. The molecule has 0 saturated carbocycles.